The second-order valence-corrected chi connectivity index (χ2v) is 6.10. The van der Waals surface area contributed by atoms with Gasteiger partial charge in [0, 0.05) is 31.5 Å². The number of hydrogen-bond acceptors (Lipinski definition) is 3. The van der Waals surface area contributed by atoms with Gasteiger partial charge in [-0.25, -0.2) is 0 Å². The van der Waals surface area contributed by atoms with E-state index in [-0.39, 0.29) is 17.9 Å². The molecule has 124 valence electrons. The van der Waals surface area contributed by atoms with Crippen LogP contribution in [-0.4, -0.2) is 41.3 Å². The van der Waals surface area contributed by atoms with Crippen LogP contribution in [0.25, 0.3) is 11.1 Å². The Morgan fingerprint density at radius 3 is 2.62 bits per heavy atom. The fourth-order valence-corrected chi connectivity index (χ4v) is 3.08. The van der Waals surface area contributed by atoms with Crippen LogP contribution >= 0.6 is 0 Å². The Hall–Kier alpha value is -2.69. The Morgan fingerprint density at radius 2 is 1.92 bits per heavy atom. The molecule has 1 aliphatic heterocycles. The van der Waals surface area contributed by atoms with E-state index in [0.29, 0.717) is 18.5 Å². The van der Waals surface area contributed by atoms with Gasteiger partial charge < -0.3 is 10.2 Å². The molecule has 1 atom stereocenters. The zero-order valence-electron chi connectivity index (χ0n) is 14.0. The number of carbonyl (C=O) groups excluding carboxylic acids is 2. The fraction of sp³-hybridized carbons (Fsp3) is 0.316. The second kappa shape index (κ2) is 6.83. The Kier molecular flexibility index (Phi) is 4.60. The predicted molar refractivity (Wildman–Crippen MR) is 92.5 cm³/mol. The van der Waals surface area contributed by atoms with E-state index < -0.39 is 0 Å². The average molecular weight is 323 g/mol. The number of benzene rings is 1. The molecule has 1 saturated heterocycles. The lowest BCUT2D eigenvalue weighted by molar-refractivity contribution is -0.124. The summed E-state index contributed by atoms with van der Waals surface area (Å²) in [4.78, 5) is 30.6. The minimum Gasteiger partial charge on any atom is -0.357 e. The Bertz CT molecular complexity index is 755. The first kappa shape index (κ1) is 16.2. The maximum Gasteiger partial charge on any atom is 0.256 e. The lowest BCUT2D eigenvalue weighted by Gasteiger charge is -2.23. The highest BCUT2D eigenvalue weighted by atomic mass is 16.2. The number of pyridine rings is 1. The van der Waals surface area contributed by atoms with Crippen LogP contribution in [0.5, 0.6) is 0 Å². The molecule has 0 radical (unpaired) electrons. The number of nitrogens with zero attached hydrogens (tertiary/aromatic N) is 2. The van der Waals surface area contributed by atoms with Gasteiger partial charge in [0.25, 0.3) is 5.91 Å². The highest BCUT2D eigenvalue weighted by molar-refractivity contribution is 5.98. The van der Waals surface area contributed by atoms with Crippen LogP contribution in [0.4, 0.5) is 0 Å². The molecule has 2 heterocycles. The molecule has 1 aliphatic rings. The number of carbonyl (C=O) groups is 2. The van der Waals surface area contributed by atoms with Crippen molar-refractivity contribution in [2.24, 2.45) is 0 Å². The van der Waals surface area contributed by atoms with Crippen LogP contribution in [0.3, 0.4) is 0 Å². The molecular weight excluding hydrogens is 302 g/mol. The zero-order chi connectivity index (χ0) is 17.1. The Balaban J connectivity index is 1.87. The summed E-state index contributed by atoms with van der Waals surface area (Å²) < 4.78 is 0. The third-order valence-corrected chi connectivity index (χ3v) is 4.43. The van der Waals surface area contributed by atoms with Gasteiger partial charge in [-0.3, -0.25) is 14.6 Å². The highest BCUT2D eigenvalue weighted by Crippen LogP contribution is 2.23. The van der Waals surface area contributed by atoms with Crippen molar-refractivity contribution in [1.29, 1.82) is 0 Å². The van der Waals surface area contributed by atoms with Crippen molar-refractivity contribution in [3.63, 3.8) is 0 Å². The number of aromatic nitrogens is 1. The van der Waals surface area contributed by atoms with Crippen molar-refractivity contribution < 1.29 is 9.59 Å². The summed E-state index contributed by atoms with van der Waals surface area (Å²) in [5.74, 6) is -0.244. The van der Waals surface area contributed by atoms with Crippen molar-refractivity contribution in [2.75, 3.05) is 13.6 Å². The standard InChI is InChI=1S/C19H21N3O2/c1-13-5-7-14(8-6-13)15-10-16(12-21-11-15)19(24)22-9-3-4-17(22)18(23)20-2/h5-8,10-12,17H,3-4,9H2,1-2H3,(H,20,23). The largest absolute Gasteiger partial charge is 0.357 e. The van der Waals surface area contributed by atoms with E-state index in [2.05, 4.69) is 10.3 Å². The van der Waals surface area contributed by atoms with Gasteiger partial charge in [-0.1, -0.05) is 29.8 Å². The summed E-state index contributed by atoms with van der Waals surface area (Å²) in [6.45, 7) is 2.64. The van der Waals surface area contributed by atoms with Crippen LogP contribution in [0.15, 0.2) is 42.7 Å². The van der Waals surface area contributed by atoms with Gasteiger partial charge in [-0.2, -0.15) is 0 Å². The fourth-order valence-electron chi connectivity index (χ4n) is 3.08. The maximum absolute atomic E-state index is 12.8. The molecule has 5 heteroatoms. The number of amides is 2. The summed E-state index contributed by atoms with van der Waals surface area (Å²) >= 11 is 0. The second-order valence-electron chi connectivity index (χ2n) is 6.10. The van der Waals surface area contributed by atoms with Gasteiger partial charge in [-0.15, -0.1) is 0 Å². The summed E-state index contributed by atoms with van der Waals surface area (Å²) in [6, 6.07) is 9.57. The quantitative estimate of drug-likeness (QED) is 0.943. The van der Waals surface area contributed by atoms with Crippen LogP contribution in [0.2, 0.25) is 0 Å². The molecule has 1 aromatic heterocycles. The molecule has 1 fully saturated rings. The molecule has 0 saturated carbocycles. The van der Waals surface area contributed by atoms with Gasteiger partial charge in [-0.05, 0) is 31.4 Å². The minimum atomic E-state index is -0.384. The predicted octanol–water partition coefficient (Wildman–Crippen LogP) is 2.41. The van der Waals surface area contributed by atoms with Crippen molar-refractivity contribution in [1.82, 2.24) is 15.2 Å². The summed E-state index contributed by atoms with van der Waals surface area (Å²) in [5, 5.41) is 2.64. The van der Waals surface area contributed by atoms with Gasteiger partial charge in [0.05, 0.1) is 5.56 Å². The van der Waals surface area contributed by atoms with E-state index >= 15 is 0 Å². The van der Waals surface area contributed by atoms with E-state index in [9.17, 15) is 9.59 Å². The van der Waals surface area contributed by atoms with Gasteiger partial charge >= 0.3 is 0 Å². The number of likely N-dealkylation sites (tertiary alicyclic amines) is 1. The Morgan fingerprint density at radius 1 is 1.17 bits per heavy atom. The van der Waals surface area contributed by atoms with Crippen molar-refractivity contribution in [3.8, 4) is 11.1 Å². The topological polar surface area (TPSA) is 62.3 Å². The van der Waals surface area contributed by atoms with E-state index in [1.807, 2.05) is 37.3 Å². The highest BCUT2D eigenvalue weighted by Gasteiger charge is 2.34. The molecule has 1 unspecified atom stereocenters. The normalized spacial score (nSPS) is 16.9. The molecule has 1 aromatic carbocycles. The van der Waals surface area contributed by atoms with E-state index in [1.54, 1.807) is 24.3 Å². The average Bonchev–Trinajstić information content (AvgIpc) is 3.11. The first-order chi connectivity index (χ1) is 11.6. The summed E-state index contributed by atoms with van der Waals surface area (Å²) in [7, 11) is 1.60. The molecule has 5 nitrogen and oxygen atoms in total. The number of rotatable bonds is 3. The molecule has 24 heavy (non-hydrogen) atoms. The van der Waals surface area contributed by atoms with Crippen LogP contribution in [0, 0.1) is 6.92 Å². The minimum absolute atomic E-state index is 0.108. The summed E-state index contributed by atoms with van der Waals surface area (Å²) in [5.41, 5.74) is 3.62. The number of aryl methyl sites for hydroxylation is 1. The smallest absolute Gasteiger partial charge is 0.256 e. The van der Waals surface area contributed by atoms with E-state index in [4.69, 9.17) is 0 Å². The lowest BCUT2D eigenvalue weighted by atomic mass is 10.0. The van der Waals surface area contributed by atoms with Crippen LogP contribution in [0.1, 0.15) is 28.8 Å². The third kappa shape index (κ3) is 3.15. The first-order valence-corrected chi connectivity index (χ1v) is 8.15. The molecule has 2 aromatic rings. The van der Waals surface area contributed by atoms with Gasteiger partial charge in [0.2, 0.25) is 5.91 Å². The molecule has 1 N–H and O–H groups in total. The van der Waals surface area contributed by atoms with Crippen molar-refractivity contribution in [2.45, 2.75) is 25.8 Å². The molecule has 2 amide bonds. The monoisotopic (exact) mass is 323 g/mol. The molecular formula is C19H21N3O2. The molecule has 0 bridgehead atoms. The van der Waals surface area contributed by atoms with Crippen LogP contribution < -0.4 is 5.32 Å². The summed E-state index contributed by atoms with van der Waals surface area (Å²) in [6.07, 6.45) is 4.87. The number of hydrogen-bond donors (Lipinski definition) is 1. The van der Waals surface area contributed by atoms with E-state index in [0.717, 1.165) is 17.5 Å². The van der Waals surface area contributed by atoms with E-state index in [1.165, 1.54) is 5.56 Å². The van der Waals surface area contributed by atoms with Crippen molar-refractivity contribution in [3.05, 3.63) is 53.9 Å². The molecule has 0 aliphatic carbocycles. The lowest BCUT2D eigenvalue weighted by Crippen LogP contribution is -2.44. The van der Waals surface area contributed by atoms with Crippen LogP contribution in [-0.2, 0) is 4.79 Å². The molecule has 0 spiro atoms. The molecule has 3 rings (SSSR count). The maximum atomic E-state index is 12.8. The first-order valence-electron chi connectivity index (χ1n) is 8.15. The third-order valence-electron chi connectivity index (χ3n) is 4.43. The number of nitrogens with one attached hydrogen (secondary N) is 1. The van der Waals surface area contributed by atoms with Gasteiger partial charge in [0.1, 0.15) is 6.04 Å². The zero-order valence-corrected chi connectivity index (χ0v) is 14.0. The van der Waals surface area contributed by atoms with Gasteiger partial charge in [0.15, 0.2) is 0 Å². The number of likely N-dealkylation sites (N-methyl/N-ethyl adjacent to an activating group) is 1. The SMILES string of the molecule is CNC(=O)C1CCCN1C(=O)c1cncc(-c2ccc(C)cc2)c1. The Labute approximate surface area is 141 Å². The van der Waals surface area contributed by atoms with Crippen molar-refractivity contribution >= 4 is 11.8 Å².